The van der Waals surface area contributed by atoms with E-state index < -0.39 is 0 Å². The molecular weight excluding hydrogens is 338 g/mol. The lowest BCUT2D eigenvalue weighted by Crippen LogP contribution is -2.09. The van der Waals surface area contributed by atoms with Crippen molar-refractivity contribution in [1.29, 1.82) is 0 Å². The lowest BCUT2D eigenvalue weighted by molar-refractivity contribution is 0.977. The van der Waals surface area contributed by atoms with Crippen LogP contribution in [0.2, 0.25) is 0 Å². The van der Waals surface area contributed by atoms with Crippen molar-refractivity contribution in [3.63, 3.8) is 0 Å². The van der Waals surface area contributed by atoms with E-state index in [1.165, 1.54) is 49.5 Å². The summed E-state index contributed by atoms with van der Waals surface area (Å²) in [5.74, 6) is 0. The average Bonchev–Trinajstić information content (AvgIpc) is 3.08. The Bertz CT molecular complexity index is 1300. The van der Waals surface area contributed by atoms with Crippen molar-refractivity contribution in [1.82, 2.24) is 0 Å². The summed E-state index contributed by atoms with van der Waals surface area (Å²) in [6.07, 6.45) is 0. The standard InChI is InChI=1S/C27H19N/c1-2-9-19-18(8-1)16-17-23-20(19)14-7-15-26(23)28-27-24-12-5-3-10-21(24)22-11-4-6-13-25(22)27/h1-17,27-28H. The van der Waals surface area contributed by atoms with Crippen molar-refractivity contribution < 1.29 is 0 Å². The fourth-order valence-corrected chi connectivity index (χ4v) is 4.63. The zero-order chi connectivity index (χ0) is 18.5. The summed E-state index contributed by atoms with van der Waals surface area (Å²) in [4.78, 5) is 0. The van der Waals surface area contributed by atoms with Crippen molar-refractivity contribution in [3.8, 4) is 11.1 Å². The highest BCUT2D eigenvalue weighted by Crippen LogP contribution is 2.45. The smallest absolute Gasteiger partial charge is 0.0779 e. The first-order chi connectivity index (χ1) is 13.9. The SMILES string of the molecule is c1ccc2c(c1)-c1ccccc1C2Nc1cccc2c1ccc1ccccc12. The maximum Gasteiger partial charge on any atom is 0.0779 e. The van der Waals surface area contributed by atoms with Gasteiger partial charge in [-0.05, 0) is 44.5 Å². The zero-order valence-corrected chi connectivity index (χ0v) is 15.4. The summed E-state index contributed by atoms with van der Waals surface area (Å²) >= 11 is 0. The fourth-order valence-electron chi connectivity index (χ4n) is 4.63. The summed E-state index contributed by atoms with van der Waals surface area (Å²) in [6, 6.07) is 37.3. The van der Waals surface area contributed by atoms with Crippen LogP contribution in [0.15, 0.2) is 103 Å². The lowest BCUT2D eigenvalue weighted by Gasteiger charge is -2.19. The molecule has 0 fully saturated rings. The van der Waals surface area contributed by atoms with E-state index in [2.05, 4.69) is 108 Å². The van der Waals surface area contributed by atoms with Gasteiger partial charge in [-0.25, -0.2) is 0 Å². The zero-order valence-electron chi connectivity index (χ0n) is 15.4. The van der Waals surface area contributed by atoms with Gasteiger partial charge in [-0.2, -0.15) is 0 Å². The van der Waals surface area contributed by atoms with E-state index in [1.807, 2.05) is 0 Å². The first kappa shape index (κ1) is 15.5. The van der Waals surface area contributed by atoms with Crippen molar-refractivity contribution in [2.45, 2.75) is 6.04 Å². The van der Waals surface area contributed by atoms with E-state index in [9.17, 15) is 0 Å². The number of hydrogen-bond acceptors (Lipinski definition) is 1. The normalized spacial score (nSPS) is 12.9. The van der Waals surface area contributed by atoms with Crippen LogP contribution in [0, 0.1) is 0 Å². The summed E-state index contributed by atoms with van der Waals surface area (Å²) in [7, 11) is 0. The minimum Gasteiger partial charge on any atom is -0.374 e. The molecule has 1 nitrogen and oxygen atoms in total. The second-order valence-electron chi connectivity index (χ2n) is 7.44. The second-order valence-corrected chi connectivity index (χ2v) is 7.44. The van der Waals surface area contributed by atoms with Crippen LogP contribution < -0.4 is 5.32 Å². The summed E-state index contributed by atoms with van der Waals surface area (Å²) in [5.41, 5.74) is 6.55. The predicted molar refractivity (Wildman–Crippen MR) is 119 cm³/mol. The van der Waals surface area contributed by atoms with Gasteiger partial charge in [0.25, 0.3) is 0 Å². The Hall–Kier alpha value is -3.58. The number of nitrogens with one attached hydrogen (secondary N) is 1. The number of rotatable bonds is 2. The monoisotopic (exact) mass is 357 g/mol. The molecule has 0 heterocycles. The van der Waals surface area contributed by atoms with E-state index in [0.29, 0.717) is 0 Å². The van der Waals surface area contributed by atoms with Crippen LogP contribution >= 0.6 is 0 Å². The molecule has 5 aromatic carbocycles. The predicted octanol–water partition coefficient (Wildman–Crippen LogP) is 7.17. The van der Waals surface area contributed by atoms with Crippen LogP contribution in [0.3, 0.4) is 0 Å². The van der Waals surface area contributed by atoms with Gasteiger partial charge in [0, 0.05) is 11.1 Å². The van der Waals surface area contributed by atoms with Gasteiger partial charge in [0.2, 0.25) is 0 Å². The molecule has 0 unspecified atom stereocenters. The summed E-state index contributed by atoms with van der Waals surface area (Å²) in [5, 5.41) is 9.00. The Morgan fingerprint density at radius 3 is 1.89 bits per heavy atom. The lowest BCUT2D eigenvalue weighted by atomic mass is 9.99. The third-order valence-electron chi connectivity index (χ3n) is 5.92. The molecule has 1 heteroatoms. The van der Waals surface area contributed by atoms with Crippen molar-refractivity contribution in [2.75, 3.05) is 5.32 Å². The maximum absolute atomic E-state index is 3.86. The average molecular weight is 357 g/mol. The number of anilines is 1. The van der Waals surface area contributed by atoms with E-state index in [-0.39, 0.29) is 6.04 Å². The Morgan fingerprint density at radius 1 is 0.464 bits per heavy atom. The van der Waals surface area contributed by atoms with Crippen molar-refractivity contribution in [2.24, 2.45) is 0 Å². The van der Waals surface area contributed by atoms with Crippen LogP contribution in [0.5, 0.6) is 0 Å². The molecule has 0 aromatic heterocycles. The van der Waals surface area contributed by atoms with E-state index >= 15 is 0 Å². The molecule has 0 amide bonds. The number of hydrogen-bond donors (Lipinski definition) is 1. The number of benzene rings is 5. The van der Waals surface area contributed by atoms with Gasteiger partial charge in [0.15, 0.2) is 0 Å². The fraction of sp³-hybridized carbons (Fsp3) is 0.0370. The van der Waals surface area contributed by atoms with Gasteiger partial charge in [0.05, 0.1) is 6.04 Å². The second kappa shape index (κ2) is 5.97. The van der Waals surface area contributed by atoms with Gasteiger partial charge in [-0.1, -0.05) is 97.1 Å². The molecule has 132 valence electrons. The van der Waals surface area contributed by atoms with Crippen molar-refractivity contribution in [3.05, 3.63) is 114 Å². The highest BCUT2D eigenvalue weighted by molar-refractivity contribution is 6.11. The third kappa shape index (κ3) is 2.20. The van der Waals surface area contributed by atoms with Crippen LogP contribution in [-0.4, -0.2) is 0 Å². The largest absolute Gasteiger partial charge is 0.374 e. The molecule has 28 heavy (non-hydrogen) atoms. The molecule has 0 aliphatic heterocycles. The van der Waals surface area contributed by atoms with E-state index in [4.69, 9.17) is 0 Å². The Kier molecular flexibility index (Phi) is 3.30. The first-order valence-electron chi connectivity index (χ1n) is 9.75. The van der Waals surface area contributed by atoms with Gasteiger partial charge >= 0.3 is 0 Å². The van der Waals surface area contributed by atoms with Crippen molar-refractivity contribution >= 4 is 27.2 Å². The molecule has 0 bridgehead atoms. The topological polar surface area (TPSA) is 12.0 Å². The molecule has 0 saturated carbocycles. The van der Waals surface area contributed by atoms with Crippen LogP contribution in [0.4, 0.5) is 5.69 Å². The highest BCUT2D eigenvalue weighted by atomic mass is 14.9. The third-order valence-corrected chi connectivity index (χ3v) is 5.92. The van der Waals surface area contributed by atoms with E-state index in [1.54, 1.807) is 0 Å². The number of fused-ring (bicyclic) bond motifs is 6. The maximum atomic E-state index is 3.86. The summed E-state index contributed by atoms with van der Waals surface area (Å²) in [6.45, 7) is 0. The molecule has 1 aliphatic carbocycles. The van der Waals surface area contributed by atoms with Gasteiger partial charge in [-0.15, -0.1) is 0 Å². The molecule has 0 radical (unpaired) electrons. The molecule has 1 aliphatic rings. The van der Waals surface area contributed by atoms with Gasteiger partial charge in [0.1, 0.15) is 0 Å². The van der Waals surface area contributed by atoms with Gasteiger partial charge in [-0.3, -0.25) is 0 Å². The molecular formula is C27H19N. The first-order valence-corrected chi connectivity index (χ1v) is 9.75. The van der Waals surface area contributed by atoms with Gasteiger partial charge < -0.3 is 5.32 Å². The Labute approximate surface area is 164 Å². The molecule has 1 N–H and O–H groups in total. The molecule has 5 aromatic rings. The highest BCUT2D eigenvalue weighted by Gasteiger charge is 2.28. The minimum absolute atomic E-state index is 0.171. The quantitative estimate of drug-likeness (QED) is 0.330. The summed E-state index contributed by atoms with van der Waals surface area (Å²) < 4.78 is 0. The Morgan fingerprint density at radius 2 is 1.11 bits per heavy atom. The van der Waals surface area contributed by atoms with E-state index in [0.717, 1.165) is 0 Å². The Balaban J connectivity index is 1.54. The minimum atomic E-state index is 0.171. The molecule has 0 atom stereocenters. The van der Waals surface area contributed by atoms with Crippen LogP contribution in [0.1, 0.15) is 17.2 Å². The van der Waals surface area contributed by atoms with Crippen LogP contribution in [0.25, 0.3) is 32.7 Å². The molecule has 0 saturated heterocycles. The molecule has 6 rings (SSSR count). The van der Waals surface area contributed by atoms with Crippen LogP contribution in [-0.2, 0) is 0 Å². The molecule has 0 spiro atoms.